The molecular weight excluding hydrogens is 337 g/mol. The van der Waals surface area contributed by atoms with Crippen LogP contribution in [0.1, 0.15) is 16.1 Å². The monoisotopic (exact) mass is 353 g/mol. The maximum absolute atomic E-state index is 13.5. The van der Waals surface area contributed by atoms with E-state index < -0.39 is 11.8 Å². The molecule has 3 amide bonds. The van der Waals surface area contributed by atoms with E-state index in [9.17, 15) is 14.0 Å². The average Bonchev–Trinajstić information content (AvgIpc) is 3.18. The van der Waals surface area contributed by atoms with Gasteiger partial charge < -0.3 is 20.4 Å². The molecule has 0 bridgehead atoms. The molecule has 26 heavy (non-hydrogen) atoms. The lowest BCUT2D eigenvalue weighted by atomic mass is 10.2. The van der Waals surface area contributed by atoms with E-state index in [2.05, 4.69) is 16.0 Å². The van der Waals surface area contributed by atoms with Crippen molar-refractivity contribution in [1.82, 2.24) is 5.32 Å². The lowest BCUT2D eigenvalue weighted by molar-refractivity contribution is 0.0996. The molecule has 0 saturated carbocycles. The minimum Gasteiger partial charge on any atom is -0.459 e. The highest BCUT2D eigenvalue weighted by molar-refractivity contribution is 6.02. The largest absolute Gasteiger partial charge is 0.459 e. The molecule has 2 aromatic carbocycles. The van der Waals surface area contributed by atoms with E-state index in [-0.39, 0.29) is 23.9 Å². The molecule has 3 aromatic rings. The van der Waals surface area contributed by atoms with Crippen molar-refractivity contribution < 1.29 is 18.4 Å². The number of rotatable bonds is 5. The summed E-state index contributed by atoms with van der Waals surface area (Å²) in [5.41, 5.74) is 1.54. The maximum atomic E-state index is 13.5. The highest BCUT2D eigenvalue weighted by Crippen LogP contribution is 2.13. The van der Waals surface area contributed by atoms with Gasteiger partial charge in [-0.05, 0) is 42.0 Å². The second-order valence-corrected chi connectivity index (χ2v) is 5.42. The van der Waals surface area contributed by atoms with Crippen LogP contribution >= 0.6 is 0 Å². The number of furan rings is 1. The Kier molecular flexibility index (Phi) is 5.28. The first kappa shape index (κ1) is 17.2. The van der Waals surface area contributed by atoms with Crippen LogP contribution in [0.15, 0.2) is 71.3 Å². The molecule has 0 radical (unpaired) electrons. The summed E-state index contributed by atoms with van der Waals surface area (Å²) in [6.45, 7) is 0.257. The van der Waals surface area contributed by atoms with Crippen molar-refractivity contribution in [3.8, 4) is 0 Å². The van der Waals surface area contributed by atoms with Crippen LogP contribution in [0, 0.1) is 5.82 Å². The Morgan fingerprint density at radius 2 is 1.69 bits per heavy atom. The number of hydrogen-bond acceptors (Lipinski definition) is 3. The summed E-state index contributed by atoms with van der Waals surface area (Å²) < 4.78 is 18.5. The van der Waals surface area contributed by atoms with Crippen molar-refractivity contribution in [3.05, 3.63) is 84.1 Å². The number of benzene rings is 2. The van der Waals surface area contributed by atoms with E-state index in [1.807, 2.05) is 0 Å². The molecule has 0 unspecified atom stereocenters. The fraction of sp³-hybridized carbons (Fsp3) is 0.0526. The van der Waals surface area contributed by atoms with Crippen LogP contribution in [0.3, 0.4) is 0 Å². The Balaban J connectivity index is 1.50. The molecule has 1 heterocycles. The third-order valence-electron chi connectivity index (χ3n) is 3.53. The number of hydrogen-bond donors (Lipinski definition) is 3. The Hall–Kier alpha value is -3.61. The second-order valence-electron chi connectivity index (χ2n) is 5.42. The predicted octanol–water partition coefficient (Wildman–Crippen LogP) is 3.99. The number of anilines is 2. The minimum atomic E-state index is -0.509. The van der Waals surface area contributed by atoms with Gasteiger partial charge in [0.05, 0.1) is 12.0 Å². The van der Waals surface area contributed by atoms with Crippen molar-refractivity contribution in [2.75, 3.05) is 10.6 Å². The summed E-state index contributed by atoms with van der Waals surface area (Å²) in [5, 5.41) is 7.78. The molecule has 6 nitrogen and oxygen atoms in total. The van der Waals surface area contributed by atoms with Gasteiger partial charge in [0.25, 0.3) is 5.91 Å². The summed E-state index contributed by atoms with van der Waals surface area (Å²) >= 11 is 0. The fourth-order valence-corrected chi connectivity index (χ4v) is 2.22. The summed E-state index contributed by atoms with van der Waals surface area (Å²) in [4.78, 5) is 23.7. The van der Waals surface area contributed by atoms with Gasteiger partial charge in [0.1, 0.15) is 5.82 Å². The van der Waals surface area contributed by atoms with E-state index in [1.54, 1.807) is 48.5 Å². The molecule has 0 fully saturated rings. The summed E-state index contributed by atoms with van der Waals surface area (Å²) in [7, 11) is 0. The predicted molar refractivity (Wildman–Crippen MR) is 95.4 cm³/mol. The van der Waals surface area contributed by atoms with E-state index in [0.29, 0.717) is 5.69 Å². The maximum Gasteiger partial charge on any atom is 0.319 e. The van der Waals surface area contributed by atoms with Gasteiger partial charge in [-0.2, -0.15) is 0 Å². The molecule has 0 aliphatic carbocycles. The highest BCUT2D eigenvalue weighted by Gasteiger charge is 2.09. The molecule has 1 aromatic heterocycles. The summed E-state index contributed by atoms with van der Waals surface area (Å²) in [6, 6.07) is 15.6. The van der Waals surface area contributed by atoms with E-state index in [0.717, 1.165) is 5.56 Å². The number of urea groups is 1. The number of carbonyl (C=O) groups excluding carboxylic acids is 2. The number of halogens is 1. The normalized spacial score (nSPS) is 10.2. The zero-order chi connectivity index (χ0) is 18.4. The topological polar surface area (TPSA) is 83.4 Å². The summed E-state index contributed by atoms with van der Waals surface area (Å²) in [5.74, 6) is -0.620. The van der Waals surface area contributed by atoms with Gasteiger partial charge >= 0.3 is 6.03 Å². The second kappa shape index (κ2) is 7.98. The zero-order valence-electron chi connectivity index (χ0n) is 13.7. The van der Waals surface area contributed by atoms with Gasteiger partial charge in [-0.1, -0.05) is 24.3 Å². The van der Waals surface area contributed by atoms with Gasteiger partial charge in [0.15, 0.2) is 5.76 Å². The van der Waals surface area contributed by atoms with Gasteiger partial charge in [-0.3, -0.25) is 4.79 Å². The van der Waals surface area contributed by atoms with E-state index in [1.165, 1.54) is 18.4 Å². The Bertz CT molecular complexity index is 893. The summed E-state index contributed by atoms with van der Waals surface area (Å²) in [6.07, 6.45) is 1.43. The van der Waals surface area contributed by atoms with Crippen LogP contribution in [0.5, 0.6) is 0 Å². The van der Waals surface area contributed by atoms with Crippen molar-refractivity contribution in [3.63, 3.8) is 0 Å². The van der Waals surface area contributed by atoms with Gasteiger partial charge in [-0.25, -0.2) is 9.18 Å². The zero-order valence-corrected chi connectivity index (χ0v) is 13.7. The molecule has 0 saturated heterocycles. The van der Waals surface area contributed by atoms with Crippen LogP contribution in [0.2, 0.25) is 0 Å². The Morgan fingerprint density at radius 1 is 0.923 bits per heavy atom. The van der Waals surface area contributed by atoms with Crippen LogP contribution < -0.4 is 16.0 Å². The molecule has 0 aliphatic heterocycles. The van der Waals surface area contributed by atoms with Crippen molar-refractivity contribution in [2.45, 2.75) is 6.54 Å². The Labute approximate surface area is 149 Å². The third-order valence-corrected chi connectivity index (χ3v) is 3.53. The van der Waals surface area contributed by atoms with Gasteiger partial charge in [0.2, 0.25) is 0 Å². The molecule has 3 rings (SSSR count). The van der Waals surface area contributed by atoms with Crippen molar-refractivity contribution in [1.29, 1.82) is 0 Å². The average molecular weight is 353 g/mol. The lowest BCUT2D eigenvalue weighted by Crippen LogP contribution is -2.28. The number of para-hydroxylation sites is 1. The Morgan fingerprint density at radius 3 is 2.38 bits per heavy atom. The van der Waals surface area contributed by atoms with Crippen molar-refractivity contribution in [2.24, 2.45) is 0 Å². The number of nitrogens with one attached hydrogen (secondary N) is 3. The number of carbonyl (C=O) groups is 2. The van der Waals surface area contributed by atoms with Crippen LogP contribution in [0.25, 0.3) is 0 Å². The standard InChI is InChI=1S/C19H16FN3O3/c20-15-4-1-2-5-16(15)23-19(25)21-12-13-7-9-14(10-8-13)22-18(24)17-6-3-11-26-17/h1-11H,12H2,(H,22,24)(H2,21,23,25). The van der Waals surface area contributed by atoms with E-state index in [4.69, 9.17) is 4.42 Å². The third kappa shape index (κ3) is 4.47. The lowest BCUT2D eigenvalue weighted by Gasteiger charge is -2.09. The quantitative estimate of drug-likeness (QED) is 0.648. The van der Waals surface area contributed by atoms with Gasteiger partial charge in [-0.15, -0.1) is 0 Å². The molecule has 132 valence electrons. The molecule has 0 atom stereocenters. The molecule has 0 spiro atoms. The first-order valence-corrected chi connectivity index (χ1v) is 7.85. The fourth-order valence-electron chi connectivity index (χ4n) is 2.22. The molecule has 3 N–H and O–H groups in total. The smallest absolute Gasteiger partial charge is 0.319 e. The van der Waals surface area contributed by atoms with Crippen LogP contribution in [-0.4, -0.2) is 11.9 Å². The molecule has 7 heteroatoms. The number of amides is 3. The molecular formula is C19H16FN3O3. The highest BCUT2D eigenvalue weighted by atomic mass is 19.1. The van der Waals surface area contributed by atoms with Gasteiger partial charge in [0, 0.05) is 12.2 Å². The SMILES string of the molecule is O=C(NCc1ccc(NC(=O)c2ccco2)cc1)Nc1ccccc1F. The first-order chi connectivity index (χ1) is 12.6. The van der Waals surface area contributed by atoms with E-state index >= 15 is 0 Å². The minimum absolute atomic E-state index is 0.112. The van der Waals surface area contributed by atoms with Crippen LogP contribution in [-0.2, 0) is 6.54 Å². The van der Waals surface area contributed by atoms with Crippen LogP contribution in [0.4, 0.5) is 20.6 Å². The first-order valence-electron chi connectivity index (χ1n) is 7.85. The molecule has 0 aliphatic rings. The van der Waals surface area contributed by atoms with Crippen molar-refractivity contribution >= 4 is 23.3 Å².